The first-order valence-corrected chi connectivity index (χ1v) is 3.91. The Bertz CT molecular complexity index is 118. The summed E-state index contributed by atoms with van der Waals surface area (Å²) in [5, 5.41) is 0. The fourth-order valence-electron chi connectivity index (χ4n) is 0.633. The Balaban J connectivity index is 3.37. The minimum absolute atomic E-state index is 0.108. The second kappa shape index (κ2) is 6.64. The van der Waals surface area contributed by atoms with Crippen LogP contribution in [-0.2, 0) is 4.74 Å². The van der Waals surface area contributed by atoms with Crippen molar-refractivity contribution in [2.75, 3.05) is 6.61 Å². The Morgan fingerprint density at radius 2 is 2.10 bits per heavy atom. The van der Waals surface area contributed by atoms with Gasteiger partial charge in [0, 0.05) is 13.0 Å². The van der Waals surface area contributed by atoms with Crippen LogP contribution in [-0.4, -0.2) is 12.7 Å². The predicted octanol–water partition coefficient (Wildman–Crippen LogP) is 2.21. The monoisotopic (exact) mass is 140 g/mol. The van der Waals surface area contributed by atoms with E-state index in [1.807, 2.05) is 13.8 Å². The fraction of sp³-hybridized carbons (Fsp3) is 0.778. The highest BCUT2D eigenvalue weighted by atomic mass is 16.5. The molecule has 0 heterocycles. The summed E-state index contributed by atoms with van der Waals surface area (Å²) in [5.74, 6) is 6.06. The van der Waals surface area contributed by atoms with Crippen molar-refractivity contribution in [1.29, 1.82) is 0 Å². The lowest BCUT2D eigenvalue weighted by Gasteiger charge is -2.01. The number of rotatable bonds is 3. The summed E-state index contributed by atoms with van der Waals surface area (Å²) in [6.45, 7) is 6.84. The molecule has 0 bridgehead atoms. The van der Waals surface area contributed by atoms with E-state index in [0.717, 1.165) is 19.4 Å². The molecule has 0 aliphatic rings. The third-order valence-corrected chi connectivity index (χ3v) is 1.10. The van der Waals surface area contributed by atoms with Crippen LogP contribution < -0.4 is 0 Å². The minimum Gasteiger partial charge on any atom is -0.366 e. The van der Waals surface area contributed by atoms with Gasteiger partial charge in [0.15, 0.2) is 0 Å². The molecule has 10 heavy (non-hydrogen) atoms. The van der Waals surface area contributed by atoms with Gasteiger partial charge in [-0.25, -0.2) is 0 Å². The van der Waals surface area contributed by atoms with Gasteiger partial charge in [0.05, 0.1) is 0 Å². The first kappa shape index (κ1) is 9.52. The van der Waals surface area contributed by atoms with Crippen molar-refractivity contribution in [1.82, 2.24) is 0 Å². The third-order valence-electron chi connectivity index (χ3n) is 1.10. The van der Waals surface area contributed by atoms with E-state index in [2.05, 4.69) is 18.8 Å². The van der Waals surface area contributed by atoms with Gasteiger partial charge < -0.3 is 4.74 Å². The van der Waals surface area contributed by atoms with Gasteiger partial charge in [0.25, 0.3) is 0 Å². The van der Waals surface area contributed by atoms with Crippen molar-refractivity contribution in [3.63, 3.8) is 0 Å². The highest BCUT2D eigenvalue weighted by Gasteiger charge is 1.90. The van der Waals surface area contributed by atoms with Crippen molar-refractivity contribution in [3.8, 4) is 11.8 Å². The molecule has 0 fully saturated rings. The largest absolute Gasteiger partial charge is 0.366 e. The summed E-state index contributed by atoms with van der Waals surface area (Å²) in [6.07, 6.45) is 2.22. The molecule has 1 nitrogen and oxygen atoms in total. The van der Waals surface area contributed by atoms with E-state index >= 15 is 0 Å². The van der Waals surface area contributed by atoms with Gasteiger partial charge in [-0.3, -0.25) is 0 Å². The van der Waals surface area contributed by atoms with Crippen molar-refractivity contribution in [2.24, 2.45) is 0 Å². The van der Waals surface area contributed by atoms with Crippen LogP contribution in [0.2, 0.25) is 0 Å². The lowest BCUT2D eigenvalue weighted by Crippen LogP contribution is -2.03. The fourth-order valence-corrected chi connectivity index (χ4v) is 0.633. The van der Waals surface area contributed by atoms with E-state index in [1.165, 1.54) is 0 Å². The SMILES string of the molecule is CCCC#CC(C)OCC. The van der Waals surface area contributed by atoms with E-state index in [4.69, 9.17) is 4.74 Å². The Hall–Kier alpha value is -0.480. The highest BCUT2D eigenvalue weighted by molar-refractivity contribution is 5.03. The predicted molar refractivity (Wildman–Crippen MR) is 43.8 cm³/mol. The van der Waals surface area contributed by atoms with Gasteiger partial charge in [-0.2, -0.15) is 0 Å². The van der Waals surface area contributed by atoms with Gasteiger partial charge in [0.2, 0.25) is 0 Å². The number of ether oxygens (including phenoxy) is 1. The van der Waals surface area contributed by atoms with Gasteiger partial charge in [0.1, 0.15) is 6.10 Å². The molecule has 0 aliphatic carbocycles. The molecule has 0 aromatic heterocycles. The lowest BCUT2D eigenvalue weighted by molar-refractivity contribution is 0.116. The van der Waals surface area contributed by atoms with E-state index < -0.39 is 0 Å². The zero-order valence-corrected chi connectivity index (χ0v) is 7.11. The van der Waals surface area contributed by atoms with Crippen LogP contribution in [0.15, 0.2) is 0 Å². The number of hydrogen-bond donors (Lipinski definition) is 0. The maximum absolute atomic E-state index is 5.21. The summed E-state index contributed by atoms with van der Waals surface area (Å²) < 4.78 is 5.21. The Morgan fingerprint density at radius 3 is 2.60 bits per heavy atom. The standard InChI is InChI=1S/C9H16O/c1-4-6-7-8-9(3)10-5-2/h9H,4-6H2,1-3H3. The average Bonchev–Trinajstić information content (AvgIpc) is 1.89. The molecule has 0 amide bonds. The molecule has 1 unspecified atom stereocenters. The first-order valence-electron chi connectivity index (χ1n) is 3.91. The highest BCUT2D eigenvalue weighted by Crippen LogP contribution is 1.88. The van der Waals surface area contributed by atoms with Crippen LogP contribution in [0.4, 0.5) is 0 Å². The molecule has 0 N–H and O–H groups in total. The molecule has 0 aromatic rings. The van der Waals surface area contributed by atoms with E-state index in [9.17, 15) is 0 Å². The third kappa shape index (κ3) is 5.65. The number of hydrogen-bond acceptors (Lipinski definition) is 1. The van der Waals surface area contributed by atoms with Crippen molar-refractivity contribution in [2.45, 2.75) is 39.7 Å². The summed E-state index contributed by atoms with van der Waals surface area (Å²) in [4.78, 5) is 0. The maximum Gasteiger partial charge on any atom is 0.115 e. The molecule has 0 rings (SSSR count). The summed E-state index contributed by atoms with van der Waals surface area (Å²) in [5.41, 5.74) is 0. The quantitative estimate of drug-likeness (QED) is 0.546. The van der Waals surface area contributed by atoms with Crippen molar-refractivity contribution < 1.29 is 4.74 Å². The molecule has 0 saturated carbocycles. The van der Waals surface area contributed by atoms with Crippen LogP contribution in [0.5, 0.6) is 0 Å². The van der Waals surface area contributed by atoms with E-state index in [1.54, 1.807) is 0 Å². The molecular formula is C9H16O. The van der Waals surface area contributed by atoms with Gasteiger partial charge in [-0.15, -0.1) is 5.92 Å². The van der Waals surface area contributed by atoms with E-state index in [0.29, 0.717) is 0 Å². The summed E-state index contributed by atoms with van der Waals surface area (Å²) in [7, 11) is 0. The molecule has 1 heteroatoms. The van der Waals surface area contributed by atoms with Crippen LogP contribution in [0.1, 0.15) is 33.6 Å². The smallest absolute Gasteiger partial charge is 0.115 e. The zero-order valence-electron chi connectivity index (χ0n) is 7.11. The Morgan fingerprint density at radius 1 is 1.40 bits per heavy atom. The molecule has 1 atom stereocenters. The van der Waals surface area contributed by atoms with Gasteiger partial charge in [-0.1, -0.05) is 12.8 Å². The lowest BCUT2D eigenvalue weighted by atomic mass is 10.3. The second-order valence-electron chi connectivity index (χ2n) is 2.17. The topological polar surface area (TPSA) is 9.23 Å². The Kier molecular flexibility index (Phi) is 6.32. The molecular weight excluding hydrogens is 124 g/mol. The molecule has 0 radical (unpaired) electrons. The zero-order chi connectivity index (χ0) is 7.82. The Labute approximate surface area is 63.8 Å². The van der Waals surface area contributed by atoms with Gasteiger partial charge in [-0.05, 0) is 20.3 Å². The van der Waals surface area contributed by atoms with Crippen molar-refractivity contribution >= 4 is 0 Å². The van der Waals surface area contributed by atoms with Gasteiger partial charge >= 0.3 is 0 Å². The van der Waals surface area contributed by atoms with Crippen LogP contribution >= 0.6 is 0 Å². The molecule has 0 aliphatic heterocycles. The summed E-state index contributed by atoms with van der Waals surface area (Å²) in [6, 6.07) is 0. The molecule has 58 valence electrons. The first-order chi connectivity index (χ1) is 4.81. The maximum atomic E-state index is 5.21. The molecule has 0 aromatic carbocycles. The minimum atomic E-state index is 0.108. The van der Waals surface area contributed by atoms with Crippen LogP contribution in [0.3, 0.4) is 0 Å². The summed E-state index contributed by atoms with van der Waals surface area (Å²) >= 11 is 0. The van der Waals surface area contributed by atoms with Crippen molar-refractivity contribution in [3.05, 3.63) is 0 Å². The molecule has 0 saturated heterocycles. The second-order valence-corrected chi connectivity index (χ2v) is 2.17. The van der Waals surface area contributed by atoms with Crippen LogP contribution in [0, 0.1) is 11.8 Å². The normalized spacial score (nSPS) is 11.9. The number of unbranched alkanes of at least 4 members (excludes halogenated alkanes) is 1. The molecule has 0 spiro atoms. The van der Waals surface area contributed by atoms with Crippen LogP contribution in [0.25, 0.3) is 0 Å². The average molecular weight is 140 g/mol. The van der Waals surface area contributed by atoms with E-state index in [-0.39, 0.29) is 6.10 Å².